The maximum absolute atomic E-state index is 12.0. The van der Waals surface area contributed by atoms with E-state index in [1.54, 1.807) is 7.11 Å². The van der Waals surface area contributed by atoms with Crippen LogP contribution in [0.5, 0.6) is 0 Å². The average Bonchev–Trinajstić information content (AvgIpc) is 2.76. The molecule has 0 atom stereocenters. The van der Waals surface area contributed by atoms with Gasteiger partial charge in [-0.2, -0.15) is 4.98 Å². The summed E-state index contributed by atoms with van der Waals surface area (Å²) in [6.07, 6.45) is -3.18. The molecule has 1 rings (SSSR count). The van der Waals surface area contributed by atoms with Crippen LogP contribution in [0.3, 0.4) is 0 Å². The fourth-order valence-electron chi connectivity index (χ4n) is 1.10. The Balaban J connectivity index is 2.28. The highest BCUT2D eigenvalue weighted by molar-refractivity contribution is 5.82. The van der Waals surface area contributed by atoms with Crippen LogP contribution >= 0.6 is 0 Å². The number of ketones is 1. The van der Waals surface area contributed by atoms with Crippen molar-refractivity contribution in [3.05, 3.63) is 11.7 Å². The van der Waals surface area contributed by atoms with Gasteiger partial charge in [0.2, 0.25) is 11.7 Å². The van der Waals surface area contributed by atoms with E-state index in [1.807, 2.05) is 0 Å². The number of rotatable bonds is 9. The summed E-state index contributed by atoms with van der Waals surface area (Å²) in [6, 6.07) is 0. The fourth-order valence-corrected chi connectivity index (χ4v) is 1.10. The van der Waals surface area contributed by atoms with Gasteiger partial charge in [-0.05, 0) is 0 Å². The van der Waals surface area contributed by atoms with Crippen LogP contribution in [0.1, 0.15) is 11.7 Å². The number of methoxy groups -OCH3 is 1. The predicted octanol–water partition coefficient (Wildman–Crippen LogP) is 0.652. The van der Waals surface area contributed by atoms with Gasteiger partial charge in [-0.1, -0.05) is 5.16 Å². The zero-order valence-electron chi connectivity index (χ0n) is 9.90. The molecule has 0 saturated heterocycles. The third kappa shape index (κ3) is 5.28. The molecule has 0 spiro atoms. The molecular weight excluding hydrogens is 250 g/mol. The van der Waals surface area contributed by atoms with Gasteiger partial charge in [-0.3, -0.25) is 4.79 Å². The summed E-state index contributed by atoms with van der Waals surface area (Å²) in [6.45, 7) is 1.30. The molecule has 8 heteroatoms. The van der Waals surface area contributed by atoms with Gasteiger partial charge in [0.15, 0.2) is 5.82 Å². The second-order valence-corrected chi connectivity index (χ2v) is 3.40. The van der Waals surface area contributed by atoms with E-state index >= 15 is 0 Å². The predicted molar refractivity (Wildman–Crippen MR) is 55.4 cm³/mol. The summed E-state index contributed by atoms with van der Waals surface area (Å²) in [5, 5.41) is 3.55. The normalized spacial score (nSPS) is 11.1. The molecule has 0 bridgehead atoms. The molecule has 1 heterocycles. The third-order valence-electron chi connectivity index (χ3n) is 1.98. The molecular formula is C10H14F2N2O4. The molecule has 6 nitrogen and oxygen atoms in total. The number of hydrogen-bond acceptors (Lipinski definition) is 6. The van der Waals surface area contributed by atoms with E-state index in [4.69, 9.17) is 9.47 Å². The first-order valence-corrected chi connectivity index (χ1v) is 5.32. The topological polar surface area (TPSA) is 74.5 Å². The van der Waals surface area contributed by atoms with E-state index in [0.29, 0.717) is 32.1 Å². The fraction of sp³-hybridized carbons (Fsp3) is 0.700. The Morgan fingerprint density at radius 1 is 1.39 bits per heavy atom. The number of Topliss-reactive ketones (excluding diaryl/α,β-unsaturated/α-hetero) is 1. The van der Waals surface area contributed by atoms with E-state index < -0.39 is 18.6 Å². The third-order valence-corrected chi connectivity index (χ3v) is 1.98. The lowest BCUT2D eigenvalue weighted by atomic mass is 10.3. The van der Waals surface area contributed by atoms with Crippen LogP contribution in [0, 0.1) is 0 Å². The number of aromatic nitrogens is 2. The minimum absolute atomic E-state index is 0.104. The van der Waals surface area contributed by atoms with Crippen molar-refractivity contribution in [2.75, 3.05) is 26.9 Å². The minimum atomic E-state index is -3.02. The van der Waals surface area contributed by atoms with Crippen LogP contribution < -0.4 is 0 Å². The van der Waals surface area contributed by atoms with Gasteiger partial charge in [0.25, 0.3) is 6.43 Å². The summed E-state index contributed by atoms with van der Waals surface area (Å²) in [5.74, 6) is -1.02. The molecule has 0 aliphatic rings. The van der Waals surface area contributed by atoms with E-state index in [9.17, 15) is 13.6 Å². The van der Waals surface area contributed by atoms with Crippen LogP contribution in [0.15, 0.2) is 4.52 Å². The summed E-state index contributed by atoms with van der Waals surface area (Å²) < 4.78 is 38.6. The quantitative estimate of drug-likeness (QED) is 0.610. The number of nitrogens with zero attached hydrogens (tertiary/aromatic N) is 2. The van der Waals surface area contributed by atoms with E-state index in [-0.39, 0.29) is 5.89 Å². The monoisotopic (exact) mass is 264 g/mol. The van der Waals surface area contributed by atoms with Gasteiger partial charge in [0.05, 0.1) is 26.2 Å². The molecule has 0 aromatic carbocycles. The summed E-state index contributed by atoms with van der Waals surface area (Å²) >= 11 is 0. The first kappa shape index (κ1) is 14.7. The van der Waals surface area contributed by atoms with Crippen molar-refractivity contribution in [1.29, 1.82) is 0 Å². The lowest BCUT2D eigenvalue weighted by molar-refractivity contribution is -0.129. The summed E-state index contributed by atoms with van der Waals surface area (Å²) in [5.41, 5.74) is 0. The van der Waals surface area contributed by atoms with Crippen LogP contribution in [-0.2, 0) is 27.1 Å². The Morgan fingerprint density at radius 3 is 2.83 bits per heavy atom. The van der Waals surface area contributed by atoms with Crippen molar-refractivity contribution in [3.63, 3.8) is 0 Å². The highest BCUT2D eigenvalue weighted by Gasteiger charge is 2.19. The number of halogens is 2. The molecule has 18 heavy (non-hydrogen) atoms. The molecule has 0 unspecified atom stereocenters. The molecule has 0 saturated carbocycles. The smallest absolute Gasteiger partial charge is 0.296 e. The van der Waals surface area contributed by atoms with Crippen molar-refractivity contribution >= 4 is 5.78 Å². The maximum atomic E-state index is 12.0. The van der Waals surface area contributed by atoms with Crippen molar-refractivity contribution in [2.24, 2.45) is 0 Å². The van der Waals surface area contributed by atoms with Crippen LogP contribution in [0.2, 0.25) is 0 Å². The Hall–Kier alpha value is -1.41. The van der Waals surface area contributed by atoms with Crippen molar-refractivity contribution in [2.45, 2.75) is 19.3 Å². The van der Waals surface area contributed by atoms with Crippen LogP contribution in [-0.4, -0.2) is 49.3 Å². The van der Waals surface area contributed by atoms with Crippen molar-refractivity contribution < 1.29 is 27.6 Å². The second kappa shape index (κ2) is 7.83. The lowest BCUT2D eigenvalue weighted by Crippen LogP contribution is -2.13. The zero-order valence-corrected chi connectivity index (χ0v) is 9.90. The highest BCUT2D eigenvalue weighted by atomic mass is 19.3. The number of carbonyl (C=O) groups excluding carboxylic acids is 1. The number of carbonyl (C=O) groups is 1. The van der Waals surface area contributed by atoms with Gasteiger partial charge in [0.1, 0.15) is 0 Å². The SMILES string of the molecule is COCCOCCc1noc(CC(=O)C(F)F)n1. The van der Waals surface area contributed by atoms with Gasteiger partial charge in [0, 0.05) is 13.5 Å². The lowest BCUT2D eigenvalue weighted by Gasteiger charge is -1.99. The molecule has 0 aliphatic heterocycles. The number of alkyl halides is 2. The molecule has 0 N–H and O–H groups in total. The van der Waals surface area contributed by atoms with Gasteiger partial charge < -0.3 is 14.0 Å². The number of ether oxygens (including phenoxy) is 2. The minimum Gasteiger partial charge on any atom is -0.382 e. The average molecular weight is 264 g/mol. The van der Waals surface area contributed by atoms with Gasteiger partial charge in [-0.15, -0.1) is 0 Å². The molecule has 0 aliphatic carbocycles. The van der Waals surface area contributed by atoms with Crippen molar-refractivity contribution in [1.82, 2.24) is 10.1 Å². The van der Waals surface area contributed by atoms with E-state index in [0.717, 1.165) is 0 Å². The standard InChI is InChI=1S/C10H14F2N2O4/c1-16-4-5-17-3-2-8-13-9(18-14-8)6-7(15)10(11)12/h10H,2-6H2,1H3. The first-order chi connectivity index (χ1) is 8.63. The van der Waals surface area contributed by atoms with Crippen LogP contribution in [0.4, 0.5) is 8.78 Å². The maximum Gasteiger partial charge on any atom is 0.296 e. The second-order valence-electron chi connectivity index (χ2n) is 3.40. The van der Waals surface area contributed by atoms with Crippen molar-refractivity contribution in [3.8, 4) is 0 Å². The molecule has 102 valence electrons. The van der Waals surface area contributed by atoms with E-state index in [2.05, 4.69) is 14.7 Å². The number of hydrogen-bond donors (Lipinski definition) is 0. The highest BCUT2D eigenvalue weighted by Crippen LogP contribution is 2.04. The van der Waals surface area contributed by atoms with Gasteiger partial charge >= 0.3 is 0 Å². The molecule has 1 aromatic rings. The largest absolute Gasteiger partial charge is 0.382 e. The first-order valence-electron chi connectivity index (χ1n) is 5.32. The van der Waals surface area contributed by atoms with Gasteiger partial charge in [-0.25, -0.2) is 8.78 Å². The Bertz CT molecular complexity index is 371. The molecule has 1 aromatic heterocycles. The Morgan fingerprint density at radius 2 is 2.17 bits per heavy atom. The summed E-state index contributed by atoms with van der Waals surface area (Å²) in [4.78, 5) is 14.5. The zero-order chi connectivity index (χ0) is 13.4. The Labute approximate surface area is 102 Å². The Kier molecular flexibility index (Phi) is 6.37. The molecule has 0 radical (unpaired) electrons. The summed E-state index contributed by atoms with van der Waals surface area (Å²) in [7, 11) is 1.56. The van der Waals surface area contributed by atoms with Crippen LogP contribution in [0.25, 0.3) is 0 Å². The van der Waals surface area contributed by atoms with E-state index in [1.165, 1.54) is 0 Å². The molecule has 0 amide bonds. The molecule has 0 fully saturated rings.